The van der Waals surface area contributed by atoms with E-state index in [4.69, 9.17) is 4.42 Å². The zero-order valence-electron chi connectivity index (χ0n) is 19.5. The Morgan fingerprint density at radius 2 is 1.46 bits per heavy atom. The number of hydrogen-bond donors (Lipinski definition) is 1. The SMILES string of the molecule is O=c1occ(CN2CCN(c3ccc(F)cc3)CC2)c(O)c1CN1CCN(c2ncccn2)CC1. The van der Waals surface area contributed by atoms with E-state index < -0.39 is 5.63 Å². The Morgan fingerprint density at radius 1 is 0.857 bits per heavy atom. The molecule has 9 nitrogen and oxygen atoms in total. The van der Waals surface area contributed by atoms with Gasteiger partial charge >= 0.3 is 5.63 Å². The van der Waals surface area contributed by atoms with Gasteiger partial charge < -0.3 is 19.3 Å². The summed E-state index contributed by atoms with van der Waals surface area (Å²) < 4.78 is 18.5. The van der Waals surface area contributed by atoms with Crippen molar-refractivity contribution in [3.05, 3.63) is 76.4 Å². The number of benzene rings is 1. The average Bonchev–Trinajstić information content (AvgIpc) is 2.90. The number of halogens is 1. The zero-order chi connectivity index (χ0) is 24.2. The van der Waals surface area contributed by atoms with E-state index in [-0.39, 0.29) is 11.6 Å². The van der Waals surface area contributed by atoms with Crippen molar-refractivity contribution in [2.45, 2.75) is 13.1 Å². The first-order valence-corrected chi connectivity index (χ1v) is 11.9. The Bertz CT molecular complexity index is 1170. The minimum absolute atomic E-state index is 0.0241. The van der Waals surface area contributed by atoms with Gasteiger partial charge in [-0.25, -0.2) is 19.2 Å². The normalized spacial score (nSPS) is 17.6. The van der Waals surface area contributed by atoms with E-state index in [1.54, 1.807) is 30.6 Å². The fourth-order valence-corrected chi connectivity index (χ4v) is 4.63. The first kappa shape index (κ1) is 23.3. The standard InChI is InChI=1S/C25H29FN6O3/c26-20-2-4-21(5-3-20)31-12-8-29(9-13-31)16-19-18-35-24(34)22(23(19)33)17-30-10-14-32(15-11-30)25-27-6-1-7-28-25/h1-7,18,33H,8-17H2. The van der Waals surface area contributed by atoms with Crippen LogP contribution in [0.25, 0.3) is 0 Å². The van der Waals surface area contributed by atoms with Gasteiger partial charge in [-0.1, -0.05) is 0 Å². The van der Waals surface area contributed by atoms with Crippen LogP contribution in [0.1, 0.15) is 11.1 Å². The summed E-state index contributed by atoms with van der Waals surface area (Å²) in [6, 6.07) is 8.33. The van der Waals surface area contributed by atoms with E-state index in [0.29, 0.717) is 30.2 Å². The highest BCUT2D eigenvalue weighted by atomic mass is 19.1. The molecule has 2 saturated heterocycles. The minimum atomic E-state index is -0.499. The van der Waals surface area contributed by atoms with E-state index in [0.717, 1.165) is 58.0 Å². The van der Waals surface area contributed by atoms with Crippen LogP contribution in [0.15, 0.2) is 58.2 Å². The molecule has 2 aliphatic rings. The maximum atomic E-state index is 13.2. The first-order valence-electron chi connectivity index (χ1n) is 11.9. The van der Waals surface area contributed by atoms with Crippen molar-refractivity contribution in [3.8, 4) is 5.75 Å². The molecule has 4 heterocycles. The molecule has 3 aromatic rings. The number of nitrogens with zero attached hydrogens (tertiary/aromatic N) is 6. The van der Waals surface area contributed by atoms with Crippen LogP contribution in [0.2, 0.25) is 0 Å². The van der Waals surface area contributed by atoms with Crippen LogP contribution in [-0.2, 0) is 13.1 Å². The molecular weight excluding hydrogens is 451 g/mol. The third-order valence-electron chi connectivity index (χ3n) is 6.69. The lowest BCUT2D eigenvalue weighted by Gasteiger charge is -2.36. The van der Waals surface area contributed by atoms with E-state index in [1.807, 2.05) is 0 Å². The molecule has 35 heavy (non-hydrogen) atoms. The van der Waals surface area contributed by atoms with E-state index >= 15 is 0 Å². The number of aromatic nitrogens is 2. The number of piperazine rings is 2. The molecule has 0 bridgehead atoms. The summed E-state index contributed by atoms with van der Waals surface area (Å²) >= 11 is 0. The number of anilines is 2. The smallest absolute Gasteiger partial charge is 0.343 e. The highest BCUT2D eigenvalue weighted by molar-refractivity contribution is 5.46. The maximum absolute atomic E-state index is 13.2. The second-order valence-corrected chi connectivity index (χ2v) is 8.93. The molecule has 1 N–H and O–H groups in total. The predicted molar refractivity (Wildman–Crippen MR) is 130 cm³/mol. The molecule has 0 radical (unpaired) electrons. The lowest BCUT2D eigenvalue weighted by Crippen LogP contribution is -2.47. The fraction of sp³-hybridized carbons (Fsp3) is 0.400. The molecule has 2 fully saturated rings. The number of rotatable bonds is 6. The zero-order valence-corrected chi connectivity index (χ0v) is 19.5. The summed E-state index contributed by atoms with van der Waals surface area (Å²) in [6.45, 7) is 6.95. The summed E-state index contributed by atoms with van der Waals surface area (Å²) in [5.41, 5.74) is 1.42. The van der Waals surface area contributed by atoms with Crippen molar-refractivity contribution in [2.75, 3.05) is 62.2 Å². The van der Waals surface area contributed by atoms with Crippen LogP contribution in [-0.4, -0.2) is 77.2 Å². The van der Waals surface area contributed by atoms with Gasteiger partial charge in [-0.3, -0.25) is 9.80 Å². The number of hydrogen-bond acceptors (Lipinski definition) is 9. The van der Waals surface area contributed by atoms with Crippen LogP contribution in [0.3, 0.4) is 0 Å². The summed E-state index contributed by atoms with van der Waals surface area (Å²) in [5.74, 6) is 0.489. The molecule has 0 amide bonds. The highest BCUT2D eigenvalue weighted by Crippen LogP contribution is 2.25. The molecule has 0 saturated carbocycles. The second kappa shape index (κ2) is 10.4. The van der Waals surface area contributed by atoms with Crippen molar-refractivity contribution >= 4 is 11.6 Å². The van der Waals surface area contributed by atoms with Gasteiger partial charge in [-0.2, -0.15) is 0 Å². The van der Waals surface area contributed by atoms with Gasteiger partial charge in [0.25, 0.3) is 0 Å². The third kappa shape index (κ3) is 5.44. The summed E-state index contributed by atoms with van der Waals surface area (Å²) in [7, 11) is 0. The van der Waals surface area contributed by atoms with Gasteiger partial charge in [0.2, 0.25) is 5.95 Å². The largest absolute Gasteiger partial charge is 0.507 e. The van der Waals surface area contributed by atoms with Gasteiger partial charge in [-0.15, -0.1) is 0 Å². The Kier molecular flexibility index (Phi) is 6.91. The van der Waals surface area contributed by atoms with Gasteiger partial charge in [0, 0.05) is 89.1 Å². The van der Waals surface area contributed by atoms with Crippen molar-refractivity contribution < 1.29 is 13.9 Å². The van der Waals surface area contributed by atoms with E-state index in [9.17, 15) is 14.3 Å². The van der Waals surface area contributed by atoms with Crippen LogP contribution < -0.4 is 15.4 Å². The summed E-state index contributed by atoms with van der Waals surface area (Å²) in [5, 5.41) is 10.9. The fourth-order valence-electron chi connectivity index (χ4n) is 4.63. The maximum Gasteiger partial charge on any atom is 0.343 e. The topological polar surface area (TPSA) is 89.2 Å². The molecule has 0 atom stereocenters. The third-order valence-corrected chi connectivity index (χ3v) is 6.69. The molecule has 0 unspecified atom stereocenters. The van der Waals surface area contributed by atoms with Gasteiger partial charge in [-0.05, 0) is 30.3 Å². The Morgan fingerprint density at radius 3 is 2.11 bits per heavy atom. The second-order valence-electron chi connectivity index (χ2n) is 8.93. The van der Waals surface area contributed by atoms with Gasteiger partial charge in [0.15, 0.2) is 0 Å². The van der Waals surface area contributed by atoms with Crippen molar-refractivity contribution in [1.82, 2.24) is 19.8 Å². The van der Waals surface area contributed by atoms with Crippen LogP contribution in [0, 0.1) is 5.82 Å². The van der Waals surface area contributed by atoms with Crippen LogP contribution in [0.5, 0.6) is 5.75 Å². The minimum Gasteiger partial charge on any atom is -0.507 e. The van der Waals surface area contributed by atoms with Gasteiger partial charge in [0.05, 0.1) is 5.56 Å². The highest BCUT2D eigenvalue weighted by Gasteiger charge is 2.24. The molecule has 184 valence electrons. The molecular formula is C25H29FN6O3. The Hall–Kier alpha value is -3.50. The Balaban J connectivity index is 1.18. The average molecular weight is 481 g/mol. The lowest BCUT2D eigenvalue weighted by atomic mass is 10.1. The van der Waals surface area contributed by atoms with Crippen molar-refractivity contribution in [3.63, 3.8) is 0 Å². The van der Waals surface area contributed by atoms with Crippen LogP contribution >= 0.6 is 0 Å². The molecule has 2 aromatic heterocycles. The van der Waals surface area contributed by atoms with Crippen molar-refractivity contribution in [1.29, 1.82) is 0 Å². The predicted octanol–water partition coefficient (Wildman–Crippen LogP) is 1.92. The van der Waals surface area contributed by atoms with E-state index in [1.165, 1.54) is 18.4 Å². The molecule has 0 spiro atoms. The molecule has 5 rings (SSSR count). The molecule has 2 aliphatic heterocycles. The lowest BCUT2D eigenvalue weighted by molar-refractivity contribution is 0.232. The molecule has 10 heteroatoms. The quantitative estimate of drug-likeness (QED) is 0.568. The summed E-state index contributed by atoms with van der Waals surface area (Å²) in [4.78, 5) is 29.7. The van der Waals surface area contributed by atoms with Crippen LogP contribution in [0.4, 0.5) is 16.0 Å². The first-order chi connectivity index (χ1) is 17.1. The van der Waals surface area contributed by atoms with Crippen molar-refractivity contribution in [2.24, 2.45) is 0 Å². The Labute approximate surface area is 203 Å². The monoisotopic (exact) mass is 480 g/mol. The molecule has 1 aromatic carbocycles. The number of aromatic hydroxyl groups is 1. The van der Waals surface area contributed by atoms with Gasteiger partial charge in [0.1, 0.15) is 17.8 Å². The summed E-state index contributed by atoms with van der Waals surface area (Å²) in [6.07, 6.45) is 4.83. The molecule has 0 aliphatic carbocycles. The van der Waals surface area contributed by atoms with E-state index in [2.05, 4.69) is 29.6 Å².